The molecule has 1 N–H and O–H groups in total. The number of alkyl halides is 3. The average Bonchev–Trinajstić information content (AvgIpc) is 2.46. The van der Waals surface area contributed by atoms with Crippen LogP contribution in [0.3, 0.4) is 0 Å². The number of nitrogens with one attached hydrogen (secondary N) is 1. The van der Waals surface area contributed by atoms with E-state index in [4.69, 9.17) is 10.00 Å². The van der Waals surface area contributed by atoms with Crippen molar-refractivity contribution in [2.75, 3.05) is 23.9 Å². The van der Waals surface area contributed by atoms with Gasteiger partial charge in [0.1, 0.15) is 5.75 Å². The first-order valence-electron chi connectivity index (χ1n) is 5.87. The molecule has 0 atom stereocenters. The maximum Gasteiger partial charge on any atom is 0.501 e. The number of benzene rings is 1. The lowest BCUT2D eigenvalue weighted by Gasteiger charge is -2.13. The van der Waals surface area contributed by atoms with Crippen LogP contribution in [0.5, 0.6) is 5.75 Å². The number of halogens is 3. The highest BCUT2D eigenvalue weighted by atomic mass is 32.2. The molecule has 23 heavy (non-hydrogen) atoms. The number of nitrogens with zero attached hydrogens (tertiary/aromatic N) is 1. The molecular formula is C12H11F3N2O4S2. The van der Waals surface area contributed by atoms with Crippen molar-refractivity contribution < 1.29 is 31.1 Å². The maximum absolute atomic E-state index is 12.6. The van der Waals surface area contributed by atoms with Gasteiger partial charge in [0.05, 0.1) is 35.3 Å². The number of methoxy groups -OCH3 is 1. The van der Waals surface area contributed by atoms with Crippen LogP contribution in [-0.4, -0.2) is 38.4 Å². The average molecular weight is 368 g/mol. The van der Waals surface area contributed by atoms with Crippen LogP contribution in [0.4, 0.5) is 18.9 Å². The van der Waals surface area contributed by atoms with Gasteiger partial charge < -0.3 is 10.1 Å². The van der Waals surface area contributed by atoms with Crippen molar-refractivity contribution in [1.82, 2.24) is 0 Å². The fourth-order valence-corrected chi connectivity index (χ4v) is 2.70. The van der Waals surface area contributed by atoms with E-state index in [2.05, 4.69) is 5.32 Å². The summed E-state index contributed by atoms with van der Waals surface area (Å²) in [6.45, 7) is 0. The minimum Gasteiger partial charge on any atom is -0.495 e. The van der Waals surface area contributed by atoms with E-state index in [1.807, 2.05) is 6.07 Å². The highest BCUT2D eigenvalue weighted by Gasteiger charge is 2.47. The molecule has 1 rings (SSSR count). The Kier molecular flexibility index (Phi) is 6.28. The molecule has 1 amide bonds. The summed E-state index contributed by atoms with van der Waals surface area (Å²) in [5.41, 5.74) is -5.66. The molecule has 0 heterocycles. The fourth-order valence-electron chi connectivity index (χ4n) is 1.46. The quantitative estimate of drug-likeness (QED) is 0.773. The van der Waals surface area contributed by atoms with Gasteiger partial charge in [0.25, 0.3) is 9.84 Å². The summed E-state index contributed by atoms with van der Waals surface area (Å²) in [4.78, 5) is 10.6. The van der Waals surface area contributed by atoms with E-state index in [9.17, 15) is 26.4 Å². The standard InChI is InChI=1S/C12H11F3N2O4S2/c1-21-10-3-2-8(23(19,20)12(13,14)15)6-9(10)17-11(18)7-22-5-4-16/h2-3,6H,5,7H2,1H3,(H,17,18). The minimum atomic E-state index is -5.54. The number of hydrogen-bond donors (Lipinski definition) is 1. The third-order valence-corrected chi connectivity index (χ3v) is 4.74. The van der Waals surface area contributed by atoms with E-state index >= 15 is 0 Å². The zero-order chi connectivity index (χ0) is 17.7. The van der Waals surface area contributed by atoms with Gasteiger partial charge in [0, 0.05) is 0 Å². The normalized spacial score (nSPS) is 11.6. The molecule has 0 bridgehead atoms. The molecule has 6 nitrogen and oxygen atoms in total. The van der Waals surface area contributed by atoms with Crippen molar-refractivity contribution in [3.63, 3.8) is 0 Å². The summed E-state index contributed by atoms with van der Waals surface area (Å²) in [6.07, 6.45) is 0. The lowest BCUT2D eigenvalue weighted by atomic mass is 10.3. The second kappa shape index (κ2) is 7.56. The fraction of sp³-hybridized carbons (Fsp3) is 0.333. The predicted molar refractivity (Wildman–Crippen MR) is 77.8 cm³/mol. The molecule has 0 aromatic heterocycles. The SMILES string of the molecule is COc1ccc(S(=O)(=O)C(F)(F)F)cc1NC(=O)CSCC#N. The number of anilines is 1. The van der Waals surface area contributed by atoms with Crippen LogP contribution in [0.1, 0.15) is 0 Å². The topological polar surface area (TPSA) is 96.3 Å². The second-order valence-electron chi connectivity index (χ2n) is 4.01. The first-order chi connectivity index (χ1) is 10.6. The van der Waals surface area contributed by atoms with Gasteiger partial charge in [0.15, 0.2) is 0 Å². The van der Waals surface area contributed by atoms with E-state index < -0.39 is 26.1 Å². The third kappa shape index (κ3) is 4.77. The minimum absolute atomic E-state index is 0.00441. The van der Waals surface area contributed by atoms with Gasteiger partial charge in [-0.05, 0) is 18.2 Å². The Balaban J connectivity index is 3.10. The lowest BCUT2D eigenvalue weighted by Crippen LogP contribution is -2.23. The molecular weight excluding hydrogens is 357 g/mol. The molecule has 0 aliphatic carbocycles. The number of nitriles is 1. The van der Waals surface area contributed by atoms with Crippen molar-refractivity contribution in [3.8, 4) is 11.8 Å². The van der Waals surface area contributed by atoms with Crippen LogP contribution in [0.25, 0.3) is 0 Å². The summed E-state index contributed by atoms with van der Waals surface area (Å²) in [6, 6.07) is 4.23. The molecule has 0 fully saturated rings. The summed E-state index contributed by atoms with van der Waals surface area (Å²) in [7, 11) is -4.32. The zero-order valence-corrected chi connectivity index (χ0v) is 13.3. The van der Waals surface area contributed by atoms with Gasteiger partial charge in [-0.1, -0.05) is 0 Å². The van der Waals surface area contributed by atoms with Crippen molar-refractivity contribution in [2.24, 2.45) is 0 Å². The second-order valence-corrected chi connectivity index (χ2v) is 6.94. The van der Waals surface area contributed by atoms with Crippen molar-refractivity contribution >= 4 is 33.2 Å². The molecule has 1 aromatic rings. The van der Waals surface area contributed by atoms with Gasteiger partial charge >= 0.3 is 5.51 Å². The molecule has 0 unspecified atom stereocenters. The molecule has 126 valence electrons. The lowest BCUT2D eigenvalue weighted by molar-refractivity contribution is -0.113. The Morgan fingerprint density at radius 2 is 2.09 bits per heavy atom. The third-order valence-electron chi connectivity index (χ3n) is 2.46. The molecule has 0 saturated heterocycles. The van der Waals surface area contributed by atoms with E-state index in [1.54, 1.807) is 0 Å². The highest BCUT2D eigenvalue weighted by Crippen LogP contribution is 2.34. The Hall–Kier alpha value is -1.93. The molecule has 0 aliphatic heterocycles. The Morgan fingerprint density at radius 3 is 2.61 bits per heavy atom. The van der Waals surface area contributed by atoms with Gasteiger partial charge in [-0.2, -0.15) is 18.4 Å². The monoisotopic (exact) mass is 368 g/mol. The number of carbonyl (C=O) groups excluding carboxylic acids is 1. The number of ether oxygens (including phenoxy) is 1. The Morgan fingerprint density at radius 1 is 1.43 bits per heavy atom. The van der Waals surface area contributed by atoms with Crippen LogP contribution in [0.2, 0.25) is 0 Å². The Labute approximate surface area is 134 Å². The van der Waals surface area contributed by atoms with Gasteiger partial charge in [0.2, 0.25) is 5.91 Å². The van der Waals surface area contributed by atoms with Gasteiger partial charge in [-0.15, -0.1) is 11.8 Å². The molecule has 11 heteroatoms. The van der Waals surface area contributed by atoms with Crippen molar-refractivity contribution in [3.05, 3.63) is 18.2 Å². The van der Waals surface area contributed by atoms with Crippen LogP contribution >= 0.6 is 11.8 Å². The first-order valence-corrected chi connectivity index (χ1v) is 8.51. The number of sulfone groups is 1. The van der Waals surface area contributed by atoms with Gasteiger partial charge in [-0.25, -0.2) is 8.42 Å². The van der Waals surface area contributed by atoms with Crippen LogP contribution in [-0.2, 0) is 14.6 Å². The molecule has 0 spiro atoms. The van der Waals surface area contributed by atoms with Gasteiger partial charge in [-0.3, -0.25) is 4.79 Å². The summed E-state index contributed by atoms with van der Waals surface area (Å²) in [5.74, 6) is -0.658. The summed E-state index contributed by atoms with van der Waals surface area (Å²) < 4.78 is 65.3. The largest absolute Gasteiger partial charge is 0.501 e. The molecule has 0 saturated carbocycles. The van der Waals surface area contributed by atoms with Crippen LogP contribution in [0.15, 0.2) is 23.1 Å². The summed E-state index contributed by atoms with van der Waals surface area (Å²) >= 11 is 0.996. The van der Waals surface area contributed by atoms with E-state index in [0.29, 0.717) is 6.07 Å². The number of carbonyl (C=O) groups is 1. The van der Waals surface area contributed by atoms with E-state index in [-0.39, 0.29) is 22.9 Å². The number of hydrogen-bond acceptors (Lipinski definition) is 6. The maximum atomic E-state index is 12.6. The Bertz CT molecular complexity index is 727. The smallest absolute Gasteiger partial charge is 0.495 e. The van der Waals surface area contributed by atoms with E-state index in [1.165, 1.54) is 7.11 Å². The number of rotatable bonds is 6. The molecule has 0 radical (unpaired) electrons. The van der Waals surface area contributed by atoms with Crippen molar-refractivity contribution in [1.29, 1.82) is 5.26 Å². The predicted octanol–water partition coefficient (Wildman–Crippen LogP) is 2.18. The number of thioether (sulfide) groups is 1. The van der Waals surface area contributed by atoms with Crippen LogP contribution in [0, 0.1) is 11.3 Å². The summed E-state index contributed by atoms with van der Waals surface area (Å²) in [5, 5.41) is 10.6. The van der Waals surface area contributed by atoms with Crippen LogP contribution < -0.4 is 10.1 Å². The highest BCUT2D eigenvalue weighted by molar-refractivity contribution is 8.00. The van der Waals surface area contributed by atoms with E-state index in [0.717, 1.165) is 23.9 Å². The van der Waals surface area contributed by atoms with Crippen molar-refractivity contribution in [2.45, 2.75) is 10.4 Å². The molecule has 0 aliphatic rings. The first kappa shape index (κ1) is 19.1. The zero-order valence-electron chi connectivity index (χ0n) is 11.7. The molecule has 1 aromatic carbocycles. The number of amides is 1.